The van der Waals surface area contributed by atoms with Crippen LogP contribution in [0, 0.1) is 0 Å². The first kappa shape index (κ1) is 13.1. The van der Waals surface area contributed by atoms with Gasteiger partial charge >= 0.3 is 0 Å². The summed E-state index contributed by atoms with van der Waals surface area (Å²) in [7, 11) is 0. The van der Waals surface area contributed by atoms with E-state index >= 15 is 0 Å². The van der Waals surface area contributed by atoms with Crippen LogP contribution < -0.4 is 10.5 Å². The molecule has 0 saturated heterocycles. The molecule has 1 aromatic heterocycles. The number of aryl methyl sites for hydroxylation is 1. The minimum Gasteiger partial charge on any atom is -0.493 e. The molecule has 1 aliphatic rings. The molecule has 0 aliphatic carbocycles. The first-order chi connectivity index (χ1) is 9.86. The molecule has 106 valence electrons. The molecule has 0 bridgehead atoms. The lowest BCUT2D eigenvalue weighted by molar-refractivity contribution is 0.253. The van der Waals surface area contributed by atoms with E-state index in [0.29, 0.717) is 19.0 Å². The van der Waals surface area contributed by atoms with E-state index in [1.165, 1.54) is 5.56 Å². The number of nitrogens with two attached hydrogens (primary N) is 1. The molecule has 0 saturated carbocycles. The fourth-order valence-electron chi connectivity index (χ4n) is 2.45. The first-order valence-corrected chi connectivity index (χ1v) is 7.10. The lowest BCUT2D eigenvalue weighted by Gasteiger charge is -2.22. The highest BCUT2D eigenvalue weighted by Gasteiger charge is 2.25. The minimum atomic E-state index is 0.178. The average Bonchev–Trinajstić information content (AvgIpc) is 2.96. The standard InChI is InChI=1S/C15H19N3O2/c16-8-4-3-7-14-17-15(18-20-14)12-9-11-5-1-2-6-13(11)19-10-12/h1-2,5-6,12H,3-4,7-10,16H2. The zero-order valence-electron chi connectivity index (χ0n) is 11.4. The van der Waals surface area contributed by atoms with Gasteiger partial charge < -0.3 is 15.0 Å². The number of hydrogen-bond donors (Lipinski definition) is 1. The van der Waals surface area contributed by atoms with Crippen LogP contribution in [0.2, 0.25) is 0 Å². The number of rotatable bonds is 5. The second kappa shape index (κ2) is 6.05. The van der Waals surface area contributed by atoms with Crippen LogP contribution in [0.15, 0.2) is 28.8 Å². The van der Waals surface area contributed by atoms with Gasteiger partial charge in [0.2, 0.25) is 5.89 Å². The molecule has 0 radical (unpaired) electrons. The molecule has 2 heterocycles. The lowest BCUT2D eigenvalue weighted by Crippen LogP contribution is -2.20. The van der Waals surface area contributed by atoms with Crippen LogP contribution in [0.4, 0.5) is 0 Å². The summed E-state index contributed by atoms with van der Waals surface area (Å²) in [6, 6.07) is 8.10. The Morgan fingerprint density at radius 2 is 2.15 bits per heavy atom. The Kier molecular flexibility index (Phi) is 3.97. The van der Waals surface area contributed by atoms with Crippen molar-refractivity contribution in [2.24, 2.45) is 5.73 Å². The number of ether oxygens (including phenoxy) is 1. The zero-order chi connectivity index (χ0) is 13.8. The summed E-state index contributed by atoms with van der Waals surface area (Å²) in [6.07, 6.45) is 3.67. The monoisotopic (exact) mass is 273 g/mol. The van der Waals surface area contributed by atoms with Gasteiger partial charge in [-0.1, -0.05) is 23.4 Å². The maximum Gasteiger partial charge on any atom is 0.226 e. The van der Waals surface area contributed by atoms with Crippen molar-refractivity contribution < 1.29 is 9.26 Å². The summed E-state index contributed by atoms with van der Waals surface area (Å²) >= 11 is 0. The van der Waals surface area contributed by atoms with Crippen LogP contribution in [0.1, 0.15) is 36.0 Å². The van der Waals surface area contributed by atoms with Crippen molar-refractivity contribution in [3.63, 3.8) is 0 Å². The molecule has 1 atom stereocenters. The fraction of sp³-hybridized carbons (Fsp3) is 0.467. The van der Waals surface area contributed by atoms with Gasteiger partial charge in [0, 0.05) is 6.42 Å². The Morgan fingerprint density at radius 1 is 1.25 bits per heavy atom. The van der Waals surface area contributed by atoms with Gasteiger partial charge in [-0.3, -0.25) is 0 Å². The number of nitrogens with zero attached hydrogens (tertiary/aromatic N) is 2. The van der Waals surface area contributed by atoms with Crippen molar-refractivity contribution in [3.8, 4) is 5.75 Å². The average molecular weight is 273 g/mol. The predicted molar refractivity (Wildman–Crippen MR) is 74.7 cm³/mol. The first-order valence-electron chi connectivity index (χ1n) is 7.10. The second-order valence-electron chi connectivity index (χ2n) is 5.11. The van der Waals surface area contributed by atoms with Crippen molar-refractivity contribution in [2.75, 3.05) is 13.2 Å². The summed E-state index contributed by atoms with van der Waals surface area (Å²) in [5.74, 6) is 2.60. The Hall–Kier alpha value is -1.88. The summed E-state index contributed by atoms with van der Waals surface area (Å²) in [4.78, 5) is 4.48. The molecule has 0 fully saturated rings. The van der Waals surface area contributed by atoms with Gasteiger partial charge in [-0.05, 0) is 37.4 Å². The van der Waals surface area contributed by atoms with Crippen molar-refractivity contribution in [1.29, 1.82) is 0 Å². The predicted octanol–water partition coefficient (Wildman–Crippen LogP) is 2.07. The van der Waals surface area contributed by atoms with Crippen LogP contribution in [-0.2, 0) is 12.8 Å². The summed E-state index contributed by atoms with van der Waals surface area (Å²) in [5.41, 5.74) is 6.68. The Morgan fingerprint density at radius 3 is 3.05 bits per heavy atom. The third-order valence-electron chi connectivity index (χ3n) is 3.57. The van der Waals surface area contributed by atoms with E-state index in [1.54, 1.807) is 0 Å². The molecular weight excluding hydrogens is 254 g/mol. The van der Waals surface area contributed by atoms with E-state index < -0.39 is 0 Å². The molecular formula is C15H19N3O2. The highest BCUT2D eigenvalue weighted by atomic mass is 16.5. The lowest BCUT2D eigenvalue weighted by atomic mass is 9.96. The molecule has 1 unspecified atom stereocenters. The van der Waals surface area contributed by atoms with E-state index in [2.05, 4.69) is 16.2 Å². The molecule has 5 nitrogen and oxygen atoms in total. The van der Waals surface area contributed by atoms with Crippen molar-refractivity contribution in [3.05, 3.63) is 41.5 Å². The normalized spacial score (nSPS) is 17.6. The molecule has 0 spiro atoms. The Bertz CT molecular complexity index is 568. The SMILES string of the molecule is NCCCCc1nc(C2COc3ccccc3C2)no1. The van der Waals surface area contributed by atoms with E-state index in [0.717, 1.165) is 37.3 Å². The molecule has 2 N–H and O–H groups in total. The Labute approximate surface area is 118 Å². The third-order valence-corrected chi connectivity index (χ3v) is 3.57. The quantitative estimate of drug-likeness (QED) is 0.844. The maximum atomic E-state index is 5.76. The van der Waals surface area contributed by atoms with Crippen LogP contribution >= 0.6 is 0 Å². The fourth-order valence-corrected chi connectivity index (χ4v) is 2.45. The van der Waals surface area contributed by atoms with E-state index in [-0.39, 0.29) is 5.92 Å². The topological polar surface area (TPSA) is 74.2 Å². The molecule has 2 aromatic rings. The number of fused-ring (bicyclic) bond motifs is 1. The number of hydrogen-bond acceptors (Lipinski definition) is 5. The highest BCUT2D eigenvalue weighted by molar-refractivity contribution is 5.36. The smallest absolute Gasteiger partial charge is 0.226 e. The van der Waals surface area contributed by atoms with Crippen molar-refractivity contribution in [2.45, 2.75) is 31.6 Å². The van der Waals surface area contributed by atoms with Crippen LogP contribution in [0.25, 0.3) is 0 Å². The van der Waals surface area contributed by atoms with Crippen LogP contribution in [0.5, 0.6) is 5.75 Å². The van der Waals surface area contributed by atoms with Gasteiger partial charge in [0.05, 0.1) is 12.5 Å². The van der Waals surface area contributed by atoms with E-state index in [9.17, 15) is 0 Å². The van der Waals surface area contributed by atoms with Crippen LogP contribution in [0.3, 0.4) is 0 Å². The maximum absolute atomic E-state index is 5.76. The third kappa shape index (κ3) is 2.82. The van der Waals surface area contributed by atoms with Gasteiger partial charge in [0.15, 0.2) is 5.82 Å². The second-order valence-corrected chi connectivity index (χ2v) is 5.11. The molecule has 0 amide bonds. The van der Waals surface area contributed by atoms with Gasteiger partial charge in [-0.25, -0.2) is 0 Å². The summed E-state index contributed by atoms with van der Waals surface area (Å²) in [5, 5.41) is 4.09. The minimum absolute atomic E-state index is 0.178. The molecule has 1 aliphatic heterocycles. The van der Waals surface area contributed by atoms with Gasteiger partial charge in [-0.2, -0.15) is 4.98 Å². The Balaban J connectivity index is 1.66. The zero-order valence-corrected chi connectivity index (χ0v) is 11.4. The number of aromatic nitrogens is 2. The van der Waals surface area contributed by atoms with E-state index in [4.69, 9.17) is 15.0 Å². The van der Waals surface area contributed by atoms with Gasteiger partial charge in [0.1, 0.15) is 5.75 Å². The highest BCUT2D eigenvalue weighted by Crippen LogP contribution is 2.30. The van der Waals surface area contributed by atoms with Crippen molar-refractivity contribution in [1.82, 2.24) is 10.1 Å². The molecule has 20 heavy (non-hydrogen) atoms. The number of unbranched alkanes of at least 4 members (excludes halogenated alkanes) is 1. The molecule has 5 heteroatoms. The summed E-state index contributed by atoms with van der Waals surface area (Å²) in [6.45, 7) is 1.31. The van der Waals surface area contributed by atoms with E-state index in [1.807, 2.05) is 18.2 Å². The van der Waals surface area contributed by atoms with Crippen LogP contribution in [-0.4, -0.2) is 23.3 Å². The number of benzene rings is 1. The molecule has 3 rings (SSSR count). The van der Waals surface area contributed by atoms with Crippen molar-refractivity contribution >= 4 is 0 Å². The summed E-state index contributed by atoms with van der Waals surface area (Å²) < 4.78 is 11.1. The number of para-hydroxylation sites is 1. The van der Waals surface area contributed by atoms with Gasteiger partial charge in [-0.15, -0.1) is 0 Å². The largest absolute Gasteiger partial charge is 0.493 e. The van der Waals surface area contributed by atoms with Gasteiger partial charge in [0.25, 0.3) is 0 Å². The molecule has 1 aromatic carbocycles.